The van der Waals surface area contributed by atoms with Gasteiger partial charge in [-0.05, 0) is 11.4 Å². The second-order valence-electron chi connectivity index (χ2n) is 3.63. The van der Waals surface area contributed by atoms with E-state index in [-0.39, 0.29) is 0 Å². The third-order valence-electron chi connectivity index (χ3n) is 2.60. The molecule has 1 fully saturated rings. The molecular weight excluding hydrogens is 224 g/mol. The Balaban J connectivity index is 1.82. The molecule has 0 aliphatic carbocycles. The lowest BCUT2D eigenvalue weighted by Gasteiger charge is -2.25. The van der Waals surface area contributed by atoms with E-state index in [1.54, 1.807) is 11.3 Å². The lowest BCUT2D eigenvalue weighted by Crippen LogP contribution is -2.36. The minimum atomic E-state index is 0.765. The summed E-state index contributed by atoms with van der Waals surface area (Å²) in [6.07, 6.45) is 0. The van der Waals surface area contributed by atoms with Gasteiger partial charge >= 0.3 is 0 Å². The molecule has 0 unspecified atom stereocenters. The largest absolute Gasteiger partial charge is 0.378 e. The standard InChI is InChI=1S/C11H12N2O2S/c1-2-10(16-7-1)9-8-11(12-15-9)13-3-5-14-6-4-13/h1-2,7-8H,3-6H2. The zero-order valence-electron chi connectivity index (χ0n) is 8.76. The Labute approximate surface area is 97.4 Å². The maximum absolute atomic E-state index is 5.34. The summed E-state index contributed by atoms with van der Waals surface area (Å²) in [5.74, 6) is 1.75. The second kappa shape index (κ2) is 4.27. The highest BCUT2D eigenvalue weighted by atomic mass is 32.1. The minimum Gasteiger partial charge on any atom is -0.378 e. The van der Waals surface area contributed by atoms with Crippen molar-refractivity contribution in [3.05, 3.63) is 23.6 Å². The Morgan fingerprint density at radius 1 is 1.31 bits per heavy atom. The molecule has 2 aromatic rings. The molecule has 84 valence electrons. The van der Waals surface area contributed by atoms with Crippen molar-refractivity contribution >= 4 is 17.2 Å². The van der Waals surface area contributed by atoms with Gasteiger partial charge in [-0.25, -0.2) is 0 Å². The van der Waals surface area contributed by atoms with Gasteiger partial charge in [0.2, 0.25) is 0 Å². The maximum Gasteiger partial charge on any atom is 0.179 e. The normalized spacial score (nSPS) is 16.6. The van der Waals surface area contributed by atoms with E-state index in [2.05, 4.69) is 10.1 Å². The average molecular weight is 236 g/mol. The van der Waals surface area contributed by atoms with Crippen molar-refractivity contribution in [3.63, 3.8) is 0 Å². The fourth-order valence-electron chi connectivity index (χ4n) is 1.74. The molecule has 3 rings (SSSR count). The molecule has 0 bridgehead atoms. The number of hydrogen-bond donors (Lipinski definition) is 0. The molecule has 1 aliphatic rings. The SMILES string of the molecule is c1csc(-c2cc(N3CCOCC3)no2)c1. The van der Waals surface area contributed by atoms with Gasteiger partial charge in [-0.3, -0.25) is 0 Å². The zero-order valence-corrected chi connectivity index (χ0v) is 9.57. The van der Waals surface area contributed by atoms with Crippen LogP contribution in [-0.2, 0) is 4.74 Å². The van der Waals surface area contributed by atoms with Crippen LogP contribution in [-0.4, -0.2) is 31.5 Å². The van der Waals surface area contributed by atoms with Gasteiger partial charge in [-0.1, -0.05) is 11.2 Å². The van der Waals surface area contributed by atoms with Crippen LogP contribution in [0.4, 0.5) is 5.82 Å². The molecular formula is C11H12N2O2S. The lowest BCUT2D eigenvalue weighted by atomic mass is 10.3. The Kier molecular flexibility index (Phi) is 2.63. The highest BCUT2D eigenvalue weighted by molar-refractivity contribution is 7.13. The number of hydrogen-bond acceptors (Lipinski definition) is 5. The van der Waals surface area contributed by atoms with Crippen LogP contribution in [0.3, 0.4) is 0 Å². The van der Waals surface area contributed by atoms with Gasteiger partial charge in [0.25, 0.3) is 0 Å². The van der Waals surface area contributed by atoms with Crippen LogP contribution in [0.15, 0.2) is 28.1 Å². The van der Waals surface area contributed by atoms with Crippen LogP contribution in [0.2, 0.25) is 0 Å². The van der Waals surface area contributed by atoms with E-state index in [1.807, 2.05) is 23.6 Å². The molecule has 0 aromatic carbocycles. The van der Waals surface area contributed by atoms with Gasteiger partial charge in [0.1, 0.15) is 0 Å². The molecule has 0 spiro atoms. The fourth-order valence-corrected chi connectivity index (χ4v) is 2.42. The first kappa shape index (κ1) is 9.86. The minimum absolute atomic E-state index is 0.765. The topological polar surface area (TPSA) is 38.5 Å². The van der Waals surface area contributed by atoms with Crippen LogP contribution in [0, 0.1) is 0 Å². The Morgan fingerprint density at radius 2 is 2.19 bits per heavy atom. The Bertz CT molecular complexity index is 446. The van der Waals surface area contributed by atoms with Gasteiger partial charge in [-0.2, -0.15) is 0 Å². The molecule has 4 nitrogen and oxygen atoms in total. The van der Waals surface area contributed by atoms with E-state index in [0.29, 0.717) is 0 Å². The molecule has 3 heterocycles. The van der Waals surface area contributed by atoms with Crippen molar-refractivity contribution in [2.45, 2.75) is 0 Å². The van der Waals surface area contributed by atoms with Crippen molar-refractivity contribution in [3.8, 4) is 10.6 Å². The van der Waals surface area contributed by atoms with Crippen molar-refractivity contribution in [1.82, 2.24) is 5.16 Å². The summed E-state index contributed by atoms with van der Waals surface area (Å²) in [5, 5.41) is 6.13. The number of morpholine rings is 1. The summed E-state index contributed by atoms with van der Waals surface area (Å²) in [6, 6.07) is 6.04. The van der Waals surface area contributed by atoms with Crippen molar-refractivity contribution < 1.29 is 9.26 Å². The molecule has 0 amide bonds. The molecule has 16 heavy (non-hydrogen) atoms. The lowest BCUT2D eigenvalue weighted by molar-refractivity contribution is 0.122. The molecule has 0 radical (unpaired) electrons. The van der Waals surface area contributed by atoms with Crippen LogP contribution in [0.25, 0.3) is 10.6 Å². The zero-order chi connectivity index (χ0) is 10.8. The highest BCUT2D eigenvalue weighted by Crippen LogP contribution is 2.28. The summed E-state index contributed by atoms with van der Waals surface area (Å²) in [6.45, 7) is 3.30. The van der Waals surface area contributed by atoms with E-state index >= 15 is 0 Å². The van der Waals surface area contributed by atoms with Crippen molar-refractivity contribution in [2.75, 3.05) is 31.2 Å². The van der Waals surface area contributed by atoms with E-state index in [1.165, 1.54) is 0 Å². The van der Waals surface area contributed by atoms with Gasteiger partial charge in [0, 0.05) is 19.2 Å². The first-order chi connectivity index (χ1) is 7.93. The van der Waals surface area contributed by atoms with Gasteiger partial charge < -0.3 is 14.2 Å². The predicted molar refractivity (Wildman–Crippen MR) is 62.8 cm³/mol. The Hall–Kier alpha value is -1.33. The van der Waals surface area contributed by atoms with E-state index in [9.17, 15) is 0 Å². The summed E-state index contributed by atoms with van der Waals surface area (Å²) < 4.78 is 10.6. The smallest absolute Gasteiger partial charge is 0.179 e. The molecule has 5 heteroatoms. The number of ether oxygens (including phenoxy) is 1. The highest BCUT2D eigenvalue weighted by Gasteiger charge is 2.16. The van der Waals surface area contributed by atoms with Gasteiger partial charge in [-0.15, -0.1) is 11.3 Å². The summed E-state index contributed by atoms with van der Waals surface area (Å²) in [5.41, 5.74) is 0. The van der Waals surface area contributed by atoms with Crippen LogP contribution in [0.5, 0.6) is 0 Å². The summed E-state index contributed by atoms with van der Waals surface area (Å²) >= 11 is 1.66. The monoisotopic (exact) mass is 236 g/mol. The molecule has 0 N–H and O–H groups in total. The summed E-state index contributed by atoms with van der Waals surface area (Å²) in [4.78, 5) is 3.30. The third kappa shape index (κ3) is 1.83. The molecule has 1 aliphatic heterocycles. The van der Waals surface area contributed by atoms with E-state index in [4.69, 9.17) is 9.26 Å². The Morgan fingerprint density at radius 3 is 2.94 bits per heavy atom. The van der Waals surface area contributed by atoms with Crippen molar-refractivity contribution in [2.24, 2.45) is 0 Å². The molecule has 2 aromatic heterocycles. The average Bonchev–Trinajstić information content (AvgIpc) is 3.01. The van der Waals surface area contributed by atoms with Gasteiger partial charge in [0.05, 0.1) is 18.1 Å². The number of rotatable bonds is 2. The number of aromatic nitrogens is 1. The maximum atomic E-state index is 5.34. The molecule has 0 saturated carbocycles. The molecule has 0 atom stereocenters. The van der Waals surface area contributed by atoms with Crippen LogP contribution < -0.4 is 4.90 Å². The van der Waals surface area contributed by atoms with E-state index < -0.39 is 0 Å². The molecule has 1 saturated heterocycles. The number of nitrogens with zero attached hydrogens (tertiary/aromatic N) is 2. The summed E-state index contributed by atoms with van der Waals surface area (Å²) in [7, 11) is 0. The predicted octanol–water partition coefficient (Wildman–Crippen LogP) is 2.24. The van der Waals surface area contributed by atoms with Crippen LogP contribution in [0.1, 0.15) is 0 Å². The quantitative estimate of drug-likeness (QED) is 0.801. The van der Waals surface area contributed by atoms with Crippen molar-refractivity contribution in [1.29, 1.82) is 0 Å². The van der Waals surface area contributed by atoms with E-state index in [0.717, 1.165) is 42.8 Å². The van der Waals surface area contributed by atoms with Gasteiger partial charge in [0.15, 0.2) is 11.6 Å². The number of anilines is 1. The van der Waals surface area contributed by atoms with Crippen LogP contribution >= 0.6 is 11.3 Å². The fraction of sp³-hybridized carbons (Fsp3) is 0.364. The first-order valence-corrected chi connectivity index (χ1v) is 6.15. The third-order valence-corrected chi connectivity index (χ3v) is 3.48. The second-order valence-corrected chi connectivity index (χ2v) is 4.57. The first-order valence-electron chi connectivity index (χ1n) is 5.27. The number of thiophene rings is 1.